The molecule has 0 spiro atoms. The molecule has 0 radical (unpaired) electrons. The third-order valence-corrected chi connectivity index (χ3v) is 3.85. The minimum absolute atomic E-state index is 0.0203. The highest BCUT2D eigenvalue weighted by molar-refractivity contribution is 5.29. The molecule has 17 heavy (non-hydrogen) atoms. The van der Waals surface area contributed by atoms with Crippen LogP contribution in [-0.4, -0.2) is 11.7 Å². The number of halogens is 1. The van der Waals surface area contributed by atoms with Crippen molar-refractivity contribution >= 4 is 0 Å². The Morgan fingerprint density at radius 3 is 2.71 bits per heavy atom. The Morgan fingerprint density at radius 2 is 2.18 bits per heavy atom. The number of nitrogens with one attached hydrogen (secondary N) is 1. The largest absolute Gasteiger partial charge is 0.508 e. The van der Waals surface area contributed by atoms with E-state index in [2.05, 4.69) is 12.2 Å². The van der Waals surface area contributed by atoms with Crippen LogP contribution in [0, 0.1) is 11.2 Å². The Kier molecular flexibility index (Phi) is 3.38. The van der Waals surface area contributed by atoms with Gasteiger partial charge in [-0.25, -0.2) is 4.39 Å². The number of hydrogen-bond donors (Lipinski definition) is 2. The van der Waals surface area contributed by atoms with Crippen molar-refractivity contribution in [1.82, 2.24) is 5.32 Å². The van der Waals surface area contributed by atoms with Crippen LogP contribution < -0.4 is 5.32 Å². The predicted molar refractivity (Wildman–Crippen MR) is 66.4 cm³/mol. The summed E-state index contributed by atoms with van der Waals surface area (Å²) in [4.78, 5) is 0. The molecule has 1 aliphatic rings. The zero-order valence-corrected chi connectivity index (χ0v) is 10.5. The molecule has 94 valence electrons. The number of hydrogen-bond acceptors (Lipinski definition) is 2. The van der Waals surface area contributed by atoms with Crippen LogP contribution in [0.15, 0.2) is 18.2 Å². The van der Waals surface area contributed by atoms with Gasteiger partial charge in [0.1, 0.15) is 11.6 Å². The Labute approximate surface area is 102 Å². The smallest absolute Gasteiger partial charge is 0.131 e. The molecule has 1 aliphatic carbocycles. The van der Waals surface area contributed by atoms with Gasteiger partial charge in [0.25, 0.3) is 0 Å². The van der Waals surface area contributed by atoms with Crippen molar-refractivity contribution in [3.05, 3.63) is 29.6 Å². The molecule has 1 atom stereocenters. The number of phenols is 1. The van der Waals surface area contributed by atoms with E-state index in [1.807, 2.05) is 6.92 Å². The number of rotatable bonds is 4. The second-order valence-electron chi connectivity index (χ2n) is 5.47. The lowest BCUT2D eigenvalue weighted by Gasteiger charge is -2.39. The van der Waals surface area contributed by atoms with Crippen LogP contribution in [0.4, 0.5) is 4.39 Å². The first-order valence-electron chi connectivity index (χ1n) is 6.22. The first-order valence-corrected chi connectivity index (χ1v) is 6.22. The highest BCUT2D eigenvalue weighted by Gasteiger charge is 2.31. The summed E-state index contributed by atoms with van der Waals surface area (Å²) in [6.07, 6.45) is 3.82. The molecule has 0 aliphatic heterocycles. The van der Waals surface area contributed by atoms with Crippen LogP contribution in [0.2, 0.25) is 0 Å². The van der Waals surface area contributed by atoms with Gasteiger partial charge in [-0.05, 0) is 31.2 Å². The van der Waals surface area contributed by atoms with E-state index in [0.29, 0.717) is 11.0 Å². The fraction of sp³-hybridized carbons (Fsp3) is 0.571. The second kappa shape index (κ2) is 4.65. The molecule has 1 aromatic rings. The monoisotopic (exact) mass is 237 g/mol. The van der Waals surface area contributed by atoms with Crippen LogP contribution in [0.3, 0.4) is 0 Å². The van der Waals surface area contributed by atoms with E-state index in [-0.39, 0.29) is 17.6 Å². The number of aromatic hydroxyl groups is 1. The van der Waals surface area contributed by atoms with E-state index in [9.17, 15) is 4.39 Å². The average molecular weight is 237 g/mol. The summed E-state index contributed by atoms with van der Waals surface area (Å²) >= 11 is 0. The van der Waals surface area contributed by atoms with Gasteiger partial charge >= 0.3 is 0 Å². The van der Waals surface area contributed by atoms with Crippen molar-refractivity contribution in [2.75, 3.05) is 6.54 Å². The lowest BCUT2D eigenvalue weighted by molar-refractivity contribution is 0.151. The maximum atomic E-state index is 13.6. The third-order valence-electron chi connectivity index (χ3n) is 3.85. The summed E-state index contributed by atoms with van der Waals surface area (Å²) in [6.45, 7) is 5.15. The topological polar surface area (TPSA) is 32.3 Å². The average Bonchev–Trinajstić information content (AvgIpc) is 2.23. The van der Waals surface area contributed by atoms with Crippen LogP contribution in [0.5, 0.6) is 5.75 Å². The highest BCUT2D eigenvalue weighted by Crippen LogP contribution is 2.39. The molecule has 2 N–H and O–H groups in total. The van der Waals surface area contributed by atoms with E-state index in [0.717, 1.165) is 6.54 Å². The summed E-state index contributed by atoms with van der Waals surface area (Å²) < 4.78 is 13.6. The van der Waals surface area contributed by atoms with Crippen molar-refractivity contribution < 1.29 is 9.50 Å². The maximum absolute atomic E-state index is 13.6. The normalized spacial score (nSPS) is 19.7. The van der Waals surface area contributed by atoms with Gasteiger partial charge in [-0.1, -0.05) is 19.4 Å². The molecule has 0 heterocycles. The van der Waals surface area contributed by atoms with Gasteiger partial charge in [-0.15, -0.1) is 0 Å². The molecule has 0 aromatic heterocycles. The van der Waals surface area contributed by atoms with E-state index in [1.165, 1.54) is 31.4 Å². The minimum Gasteiger partial charge on any atom is -0.508 e. The molecule has 2 nitrogen and oxygen atoms in total. The van der Waals surface area contributed by atoms with E-state index in [1.54, 1.807) is 6.07 Å². The summed E-state index contributed by atoms with van der Waals surface area (Å²) in [5.41, 5.74) is 1.01. The van der Waals surface area contributed by atoms with Crippen molar-refractivity contribution in [2.45, 2.75) is 39.2 Å². The lowest BCUT2D eigenvalue weighted by Crippen LogP contribution is -2.38. The standard InChI is InChI=1S/C14H20FNO/c1-10(16-9-14(2)6-3-7-14)12-5-4-11(17)8-13(12)15/h4-5,8,10,16-17H,3,6-7,9H2,1-2H3. The van der Waals surface area contributed by atoms with E-state index >= 15 is 0 Å². The lowest BCUT2D eigenvalue weighted by atomic mass is 9.70. The van der Waals surface area contributed by atoms with Gasteiger partial charge in [-0.3, -0.25) is 0 Å². The number of benzene rings is 1. The van der Waals surface area contributed by atoms with Crippen LogP contribution in [0.1, 0.15) is 44.7 Å². The van der Waals surface area contributed by atoms with Crippen molar-refractivity contribution in [3.63, 3.8) is 0 Å². The van der Waals surface area contributed by atoms with Gasteiger partial charge < -0.3 is 10.4 Å². The van der Waals surface area contributed by atoms with Crippen molar-refractivity contribution in [1.29, 1.82) is 0 Å². The zero-order valence-electron chi connectivity index (χ0n) is 10.5. The van der Waals surface area contributed by atoms with E-state index in [4.69, 9.17) is 5.11 Å². The van der Waals surface area contributed by atoms with Crippen molar-refractivity contribution in [2.24, 2.45) is 5.41 Å². The molecule has 0 bridgehead atoms. The molecule has 1 aromatic carbocycles. The molecule has 1 unspecified atom stereocenters. The third kappa shape index (κ3) is 2.78. The molecule has 1 fully saturated rings. The Bertz CT molecular complexity index is 401. The Hall–Kier alpha value is -1.09. The summed E-state index contributed by atoms with van der Waals surface area (Å²) in [5, 5.41) is 12.5. The predicted octanol–water partition coefficient (Wildman–Crippen LogP) is 3.37. The number of phenolic OH excluding ortho intramolecular Hbond substituents is 1. The molecule has 1 saturated carbocycles. The quantitative estimate of drug-likeness (QED) is 0.841. The summed E-state index contributed by atoms with van der Waals surface area (Å²) in [6, 6.07) is 4.32. The molecular formula is C14H20FNO. The minimum atomic E-state index is -0.344. The molecule has 2 rings (SSSR count). The first kappa shape index (κ1) is 12.4. The van der Waals surface area contributed by atoms with E-state index < -0.39 is 0 Å². The fourth-order valence-corrected chi connectivity index (χ4v) is 2.33. The molecule has 0 amide bonds. The molecule has 3 heteroatoms. The fourth-order valence-electron chi connectivity index (χ4n) is 2.33. The first-order chi connectivity index (χ1) is 8.00. The second-order valence-corrected chi connectivity index (χ2v) is 5.47. The van der Waals surface area contributed by atoms with Gasteiger partial charge in [0.05, 0.1) is 0 Å². The van der Waals surface area contributed by atoms with Gasteiger partial charge in [-0.2, -0.15) is 0 Å². The van der Waals surface area contributed by atoms with Crippen LogP contribution in [-0.2, 0) is 0 Å². The molecular weight excluding hydrogens is 217 g/mol. The Balaban J connectivity index is 1.96. The highest BCUT2D eigenvalue weighted by atomic mass is 19.1. The summed E-state index contributed by atoms with van der Waals surface area (Å²) in [7, 11) is 0. The maximum Gasteiger partial charge on any atom is 0.131 e. The van der Waals surface area contributed by atoms with Gasteiger partial charge in [0, 0.05) is 24.2 Å². The van der Waals surface area contributed by atoms with Crippen LogP contribution >= 0.6 is 0 Å². The van der Waals surface area contributed by atoms with Crippen LogP contribution in [0.25, 0.3) is 0 Å². The zero-order chi connectivity index (χ0) is 12.5. The summed E-state index contributed by atoms with van der Waals surface area (Å²) in [5.74, 6) is -0.367. The van der Waals surface area contributed by atoms with Gasteiger partial charge in [0.15, 0.2) is 0 Å². The Morgan fingerprint density at radius 1 is 1.47 bits per heavy atom. The molecule has 0 saturated heterocycles. The SMILES string of the molecule is CC(NCC1(C)CCC1)c1ccc(O)cc1F. The van der Waals surface area contributed by atoms with Gasteiger partial charge in [0.2, 0.25) is 0 Å². The van der Waals surface area contributed by atoms with Crippen molar-refractivity contribution in [3.8, 4) is 5.75 Å².